The van der Waals surface area contributed by atoms with E-state index in [1.54, 1.807) is 0 Å². The van der Waals surface area contributed by atoms with E-state index in [0.717, 1.165) is 6.04 Å². The molecule has 0 N–H and O–H groups in total. The highest BCUT2D eigenvalue weighted by atomic mass is 15.4. The van der Waals surface area contributed by atoms with E-state index in [9.17, 15) is 0 Å². The molecule has 0 radical (unpaired) electrons. The molecule has 1 saturated heterocycles. The molecule has 0 aromatic carbocycles. The fourth-order valence-corrected chi connectivity index (χ4v) is 1.36. The molecule has 1 aliphatic heterocycles. The van der Waals surface area contributed by atoms with Gasteiger partial charge in [0.1, 0.15) is 0 Å². The molecule has 1 rings (SSSR count). The first-order valence-electron chi connectivity index (χ1n) is 3.36. The molecule has 8 heavy (non-hydrogen) atoms. The average molecular weight is 113 g/mol. The first-order valence-corrected chi connectivity index (χ1v) is 3.36. The normalized spacial score (nSPS) is 54.0. The highest BCUT2D eigenvalue weighted by molar-refractivity contribution is 5.08. The van der Waals surface area contributed by atoms with E-state index in [2.05, 4.69) is 32.7 Å². The van der Waals surface area contributed by atoms with E-state index < -0.39 is 0 Å². The van der Waals surface area contributed by atoms with Gasteiger partial charge in [0.2, 0.25) is 0 Å². The molecule has 0 aromatic rings. The van der Waals surface area contributed by atoms with Crippen LogP contribution in [0, 0.1) is 0 Å². The lowest BCUT2D eigenvalue weighted by molar-refractivity contribution is 0.482. The lowest BCUT2D eigenvalue weighted by Crippen LogP contribution is -2.08. The van der Waals surface area contributed by atoms with Crippen LogP contribution in [0.15, 0.2) is 0 Å². The maximum absolute atomic E-state index is 2.41. The van der Waals surface area contributed by atoms with Gasteiger partial charge in [-0.05, 0) is 27.3 Å². The van der Waals surface area contributed by atoms with Gasteiger partial charge in [0.15, 0.2) is 0 Å². The van der Waals surface area contributed by atoms with E-state index >= 15 is 0 Å². The molecule has 0 amide bonds. The Morgan fingerprint density at radius 2 is 2.00 bits per heavy atom. The molecular weight excluding hydrogens is 98.1 g/mol. The molecule has 3 unspecified atom stereocenters. The lowest BCUT2D eigenvalue weighted by Gasteiger charge is -2.02. The summed E-state index contributed by atoms with van der Waals surface area (Å²) in [6.07, 6.45) is 1.28. The zero-order chi connectivity index (χ0) is 6.36. The van der Waals surface area contributed by atoms with Crippen LogP contribution in [-0.2, 0) is 0 Å². The summed E-state index contributed by atoms with van der Waals surface area (Å²) in [4.78, 5) is 2.41. The van der Waals surface area contributed by atoms with Gasteiger partial charge in [-0.2, -0.15) is 0 Å². The fourth-order valence-electron chi connectivity index (χ4n) is 1.36. The smallest absolute Gasteiger partial charge is 0.0331 e. The monoisotopic (exact) mass is 113 g/mol. The average Bonchev–Trinajstić information content (AvgIpc) is 2.22. The van der Waals surface area contributed by atoms with E-state index in [1.165, 1.54) is 6.42 Å². The minimum Gasteiger partial charge on any atom is -0.295 e. The van der Waals surface area contributed by atoms with Crippen LogP contribution in [0.1, 0.15) is 27.2 Å². The third kappa shape index (κ3) is 0.510. The van der Waals surface area contributed by atoms with Crippen molar-refractivity contribution in [2.24, 2.45) is 0 Å². The standard InChI is InChI=1S/C7H15N/c1-5-7(3)6(2)8(7)4/h6H,5H2,1-4H3. The van der Waals surface area contributed by atoms with Crippen molar-refractivity contribution in [3.63, 3.8) is 0 Å². The van der Waals surface area contributed by atoms with Crippen LogP contribution >= 0.6 is 0 Å². The zero-order valence-corrected chi connectivity index (χ0v) is 6.23. The van der Waals surface area contributed by atoms with Crippen molar-refractivity contribution in [2.75, 3.05) is 7.05 Å². The Morgan fingerprint density at radius 3 is 2.00 bits per heavy atom. The quantitative estimate of drug-likeness (QED) is 0.465. The number of likely N-dealkylation sites (N-methyl/N-ethyl adjacent to an activating group) is 1. The Morgan fingerprint density at radius 1 is 1.62 bits per heavy atom. The molecule has 0 aliphatic carbocycles. The predicted octanol–water partition coefficient (Wildman–Crippen LogP) is 1.49. The lowest BCUT2D eigenvalue weighted by atomic mass is 10.1. The number of hydrogen-bond donors (Lipinski definition) is 0. The largest absolute Gasteiger partial charge is 0.295 e. The Bertz CT molecular complexity index is 90.6. The van der Waals surface area contributed by atoms with Gasteiger partial charge < -0.3 is 0 Å². The Kier molecular flexibility index (Phi) is 1.12. The van der Waals surface area contributed by atoms with Crippen LogP contribution in [0.25, 0.3) is 0 Å². The maximum Gasteiger partial charge on any atom is 0.0331 e. The number of rotatable bonds is 1. The molecule has 48 valence electrons. The van der Waals surface area contributed by atoms with Crippen molar-refractivity contribution >= 4 is 0 Å². The summed E-state index contributed by atoms with van der Waals surface area (Å²) >= 11 is 0. The Balaban J connectivity index is 2.50. The molecule has 1 heterocycles. The number of hydrogen-bond acceptors (Lipinski definition) is 1. The molecular formula is C7H15N. The maximum atomic E-state index is 2.41. The molecule has 1 nitrogen and oxygen atoms in total. The fraction of sp³-hybridized carbons (Fsp3) is 1.00. The van der Waals surface area contributed by atoms with Crippen molar-refractivity contribution in [2.45, 2.75) is 38.8 Å². The van der Waals surface area contributed by atoms with Gasteiger partial charge in [-0.25, -0.2) is 0 Å². The summed E-state index contributed by atoms with van der Waals surface area (Å²) in [6.45, 7) is 6.85. The zero-order valence-electron chi connectivity index (χ0n) is 6.23. The topological polar surface area (TPSA) is 3.01 Å². The second kappa shape index (κ2) is 1.47. The van der Waals surface area contributed by atoms with Gasteiger partial charge >= 0.3 is 0 Å². The second-order valence-electron chi connectivity index (χ2n) is 3.00. The van der Waals surface area contributed by atoms with Gasteiger partial charge in [0.25, 0.3) is 0 Å². The van der Waals surface area contributed by atoms with Gasteiger partial charge in [-0.1, -0.05) is 6.92 Å². The van der Waals surface area contributed by atoms with E-state index in [1.807, 2.05) is 0 Å². The summed E-state index contributed by atoms with van der Waals surface area (Å²) in [6, 6.07) is 0.812. The molecule has 0 spiro atoms. The highest BCUT2D eigenvalue weighted by Gasteiger charge is 2.51. The van der Waals surface area contributed by atoms with E-state index in [4.69, 9.17) is 0 Å². The summed E-state index contributed by atoms with van der Waals surface area (Å²) in [5.41, 5.74) is 0.542. The third-order valence-electron chi connectivity index (χ3n) is 2.93. The first-order chi connectivity index (χ1) is 3.63. The summed E-state index contributed by atoms with van der Waals surface area (Å²) < 4.78 is 0. The van der Waals surface area contributed by atoms with E-state index in [0.29, 0.717) is 5.54 Å². The van der Waals surface area contributed by atoms with Gasteiger partial charge in [-0.3, -0.25) is 4.90 Å². The molecule has 1 heteroatoms. The summed E-state index contributed by atoms with van der Waals surface area (Å²) in [5, 5.41) is 0. The van der Waals surface area contributed by atoms with E-state index in [-0.39, 0.29) is 0 Å². The van der Waals surface area contributed by atoms with Crippen molar-refractivity contribution < 1.29 is 0 Å². The molecule has 0 saturated carbocycles. The first kappa shape index (κ1) is 6.09. The summed E-state index contributed by atoms with van der Waals surface area (Å²) in [5.74, 6) is 0. The van der Waals surface area contributed by atoms with Crippen LogP contribution in [0.4, 0.5) is 0 Å². The van der Waals surface area contributed by atoms with Crippen molar-refractivity contribution in [1.82, 2.24) is 4.90 Å². The minimum atomic E-state index is 0.542. The minimum absolute atomic E-state index is 0.542. The van der Waals surface area contributed by atoms with Crippen LogP contribution in [0.2, 0.25) is 0 Å². The second-order valence-corrected chi connectivity index (χ2v) is 3.00. The predicted molar refractivity (Wildman–Crippen MR) is 35.9 cm³/mol. The van der Waals surface area contributed by atoms with Crippen LogP contribution in [-0.4, -0.2) is 23.5 Å². The SMILES string of the molecule is CCC1(C)C(C)N1C. The molecule has 3 atom stereocenters. The molecule has 1 fully saturated rings. The van der Waals surface area contributed by atoms with Crippen molar-refractivity contribution in [3.05, 3.63) is 0 Å². The van der Waals surface area contributed by atoms with Crippen LogP contribution in [0.5, 0.6) is 0 Å². The van der Waals surface area contributed by atoms with Crippen molar-refractivity contribution in [3.8, 4) is 0 Å². The Labute approximate surface area is 51.7 Å². The summed E-state index contributed by atoms with van der Waals surface area (Å²) in [7, 11) is 2.19. The van der Waals surface area contributed by atoms with Crippen molar-refractivity contribution in [1.29, 1.82) is 0 Å². The Hall–Kier alpha value is -0.0400. The molecule has 0 bridgehead atoms. The van der Waals surface area contributed by atoms with Gasteiger partial charge in [0.05, 0.1) is 0 Å². The van der Waals surface area contributed by atoms with Gasteiger partial charge in [-0.15, -0.1) is 0 Å². The molecule has 1 aliphatic rings. The van der Waals surface area contributed by atoms with Crippen LogP contribution in [0.3, 0.4) is 0 Å². The van der Waals surface area contributed by atoms with Gasteiger partial charge in [0, 0.05) is 11.6 Å². The number of nitrogens with zero attached hydrogens (tertiary/aromatic N) is 1. The highest BCUT2D eigenvalue weighted by Crippen LogP contribution is 2.40. The van der Waals surface area contributed by atoms with Crippen LogP contribution < -0.4 is 0 Å². The molecule has 0 aromatic heterocycles. The third-order valence-corrected chi connectivity index (χ3v) is 2.93.